The standard InChI is InChI=1S/C27H29Cl2N5O7S/c28-20-5-10-25(23(19-20)27(35)31-11-13-38-15-17-40-18-16-39-14-12-32-34-30)33-42(36,37)22-8-6-21(7-9-22)41-26-4-2-1-3-24(26)29/h1-10,19,33H,11-18H2,(H,31,35). The maximum absolute atomic E-state index is 13.1. The number of halogens is 2. The maximum atomic E-state index is 13.1. The number of amides is 1. The number of hydrogen-bond acceptors (Lipinski definition) is 8. The minimum atomic E-state index is -4.05. The second-order valence-electron chi connectivity index (χ2n) is 8.35. The molecular formula is C27H29Cl2N5O7S. The van der Waals surface area contributed by atoms with Crippen molar-refractivity contribution in [1.29, 1.82) is 0 Å². The SMILES string of the molecule is [N-]=[N+]=NCCOCCOCCOCCNC(=O)c1cc(Cl)ccc1NS(=O)(=O)c1ccc(Oc2ccccc2Cl)cc1. The lowest BCUT2D eigenvalue weighted by Gasteiger charge is -2.14. The zero-order chi connectivity index (χ0) is 30.2. The minimum Gasteiger partial charge on any atom is -0.456 e. The average Bonchev–Trinajstić information content (AvgIpc) is 2.97. The average molecular weight is 639 g/mol. The van der Waals surface area contributed by atoms with Crippen LogP contribution in [0.5, 0.6) is 11.5 Å². The van der Waals surface area contributed by atoms with Gasteiger partial charge in [0, 0.05) is 23.0 Å². The van der Waals surface area contributed by atoms with E-state index in [4.69, 9.17) is 47.7 Å². The fourth-order valence-corrected chi connectivity index (χ4v) is 4.79. The van der Waals surface area contributed by atoms with Gasteiger partial charge in [-0.2, -0.15) is 0 Å². The Morgan fingerprint density at radius 1 is 0.881 bits per heavy atom. The van der Waals surface area contributed by atoms with E-state index in [1.54, 1.807) is 24.3 Å². The van der Waals surface area contributed by atoms with Crippen LogP contribution in [0.2, 0.25) is 10.0 Å². The van der Waals surface area contributed by atoms with Gasteiger partial charge in [-0.3, -0.25) is 9.52 Å². The smallest absolute Gasteiger partial charge is 0.261 e. The second-order valence-corrected chi connectivity index (χ2v) is 10.9. The van der Waals surface area contributed by atoms with Crippen molar-refractivity contribution in [1.82, 2.24) is 5.32 Å². The van der Waals surface area contributed by atoms with Crippen molar-refractivity contribution in [3.05, 3.63) is 92.8 Å². The van der Waals surface area contributed by atoms with Crippen molar-refractivity contribution in [2.75, 3.05) is 57.5 Å². The molecule has 12 nitrogen and oxygen atoms in total. The lowest BCUT2D eigenvalue weighted by atomic mass is 10.1. The lowest BCUT2D eigenvalue weighted by Crippen LogP contribution is -2.29. The Labute approximate surface area is 253 Å². The number of benzene rings is 3. The molecular weight excluding hydrogens is 609 g/mol. The highest BCUT2D eigenvalue weighted by molar-refractivity contribution is 7.92. The van der Waals surface area contributed by atoms with Crippen LogP contribution in [-0.4, -0.2) is 67.1 Å². The number of hydrogen-bond donors (Lipinski definition) is 2. The third kappa shape index (κ3) is 11.0. The Balaban J connectivity index is 1.47. The molecule has 1 amide bonds. The summed E-state index contributed by atoms with van der Waals surface area (Å²) in [5, 5.41) is 6.72. The van der Waals surface area contributed by atoms with Gasteiger partial charge < -0.3 is 24.3 Å². The van der Waals surface area contributed by atoms with E-state index in [0.717, 1.165) is 0 Å². The molecule has 2 N–H and O–H groups in total. The van der Waals surface area contributed by atoms with Gasteiger partial charge in [-0.15, -0.1) is 0 Å². The molecule has 15 heteroatoms. The van der Waals surface area contributed by atoms with Crippen molar-refractivity contribution >= 4 is 44.8 Å². The van der Waals surface area contributed by atoms with E-state index in [9.17, 15) is 13.2 Å². The van der Waals surface area contributed by atoms with E-state index in [-0.39, 0.29) is 40.9 Å². The lowest BCUT2D eigenvalue weighted by molar-refractivity contribution is 0.0166. The van der Waals surface area contributed by atoms with E-state index in [2.05, 4.69) is 20.1 Å². The number of ether oxygens (including phenoxy) is 4. The summed E-state index contributed by atoms with van der Waals surface area (Å²) in [6.45, 7) is 2.35. The molecule has 0 aliphatic carbocycles. The number of para-hydroxylation sites is 1. The Morgan fingerprint density at radius 2 is 1.55 bits per heavy atom. The van der Waals surface area contributed by atoms with Gasteiger partial charge in [0.25, 0.3) is 15.9 Å². The number of azide groups is 1. The first-order valence-electron chi connectivity index (χ1n) is 12.7. The van der Waals surface area contributed by atoms with Gasteiger partial charge >= 0.3 is 0 Å². The number of nitrogens with zero attached hydrogens (tertiary/aromatic N) is 3. The largest absolute Gasteiger partial charge is 0.456 e. The summed E-state index contributed by atoms with van der Waals surface area (Å²) in [6, 6.07) is 16.9. The summed E-state index contributed by atoms with van der Waals surface area (Å²) in [7, 11) is -4.05. The molecule has 0 aliphatic heterocycles. The molecule has 0 radical (unpaired) electrons. The van der Waals surface area contributed by atoms with Crippen LogP contribution in [0.1, 0.15) is 10.4 Å². The third-order valence-electron chi connectivity index (χ3n) is 5.34. The molecule has 0 saturated carbocycles. The normalized spacial score (nSPS) is 11.0. The predicted molar refractivity (Wildman–Crippen MR) is 159 cm³/mol. The molecule has 0 fully saturated rings. The van der Waals surface area contributed by atoms with Crippen molar-refractivity contribution in [2.45, 2.75) is 4.90 Å². The zero-order valence-electron chi connectivity index (χ0n) is 22.4. The van der Waals surface area contributed by atoms with Crippen molar-refractivity contribution in [3.8, 4) is 11.5 Å². The molecule has 3 aromatic rings. The van der Waals surface area contributed by atoms with Crippen LogP contribution in [0.25, 0.3) is 10.4 Å². The molecule has 0 heterocycles. The molecule has 3 rings (SSSR count). The number of nitrogens with one attached hydrogen (secondary N) is 2. The molecule has 0 spiro atoms. The monoisotopic (exact) mass is 637 g/mol. The Kier molecular flexibility index (Phi) is 13.7. The first kappa shape index (κ1) is 33.0. The molecule has 0 saturated heterocycles. The summed E-state index contributed by atoms with van der Waals surface area (Å²) in [6.07, 6.45) is 0. The van der Waals surface area contributed by atoms with Gasteiger partial charge in [-0.05, 0) is 60.1 Å². The van der Waals surface area contributed by atoms with Crippen LogP contribution >= 0.6 is 23.2 Å². The van der Waals surface area contributed by atoms with Crippen LogP contribution in [-0.2, 0) is 24.2 Å². The van der Waals surface area contributed by atoms with E-state index in [1.165, 1.54) is 42.5 Å². The van der Waals surface area contributed by atoms with E-state index < -0.39 is 15.9 Å². The number of carbonyl (C=O) groups is 1. The van der Waals surface area contributed by atoms with Gasteiger partial charge in [-0.1, -0.05) is 40.4 Å². The third-order valence-corrected chi connectivity index (χ3v) is 7.27. The summed E-state index contributed by atoms with van der Waals surface area (Å²) in [5.41, 5.74) is 8.28. The number of sulfonamides is 1. The van der Waals surface area contributed by atoms with Crippen LogP contribution in [0.4, 0.5) is 5.69 Å². The molecule has 0 aromatic heterocycles. The van der Waals surface area contributed by atoms with Crippen LogP contribution in [0.3, 0.4) is 0 Å². The van der Waals surface area contributed by atoms with E-state index in [1.807, 2.05) is 0 Å². The molecule has 42 heavy (non-hydrogen) atoms. The maximum Gasteiger partial charge on any atom is 0.261 e. The van der Waals surface area contributed by atoms with Crippen LogP contribution in [0, 0.1) is 0 Å². The highest BCUT2D eigenvalue weighted by Crippen LogP contribution is 2.30. The van der Waals surface area contributed by atoms with Crippen molar-refractivity contribution in [3.63, 3.8) is 0 Å². The highest BCUT2D eigenvalue weighted by atomic mass is 35.5. The number of carbonyl (C=O) groups excluding carboxylic acids is 1. The molecule has 0 atom stereocenters. The zero-order valence-corrected chi connectivity index (χ0v) is 24.7. The van der Waals surface area contributed by atoms with E-state index in [0.29, 0.717) is 49.6 Å². The Bertz CT molecular complexity index is 1470. The molecule has 3 aromatic carbocycles. The van der Waals surface area contributed by atoms with Crippen LogP contribution < -0.4 is 14.8 Å². The van der Waals surface area contributed by atoms with Crippen LogP contribution in [0.15, 0.2) is 76.7 Å². The summed E-state index contributed by atoms with van der Waals surface area (Å²) < 4.78 is 50.3. The fourth-order valence-electron chi connectivity index (χ4n) is 3.36. The predicted octanol–water partition coefficient (Wildman–Crippen LogP) is 5.68. The highest BCUT2D eigenvalue weighted by Gasteiger charge is 2.19. The molecule has 0 bridgehead atoms. The first-order chi connectivity index (χ1) is 20.3. The first-order valence-corrected chi connectivity index (χ1v) is 14.9. The molecule has 224 valence electrons. The summed E-state index contributed by atoms with van der Waals surface area (Å²) in [4.78, 5) is 15.4. The molecule has 0 aliphatic rings. The fraction of sp³-hybridized carbons (Fsp3) is 0.296. The van der Waals surface area contributed by atoms with Gasteiger partial charge in [0.05, 0.1) is 60.8 Å². The number of rotatable bonds is 18. The van der Waals surface area contributed by atoms with Gasteiger partial charge in [-0.25, -0.2) is 8.42 Å². The number of anilines is 1. The van der Waals surface area contributed by atoms with Crippen molar-refractivity contribution in [2.24, 2.45) is 5.11 Å². The second kappa shape index (κ2) is 17.4. The Morgan fingerprint density at radius 3 is 2.24 bits per heavy atom. The van der Waals surface area contributed by atoms with Gasteiger partial charge in [0.2, 0.25) is 0 Å². The Hall–Kier alpha value is -3.55. The van der Waals surface area contributed by atoms with Gasteiger partial charge in [0.15, 0.2) is 0 Å². The van der Waals surface area contributed by atoms with Crippen molar-refractivity contribution < 1.29 is 32.2 Å². The minimum absolute atomic E-state index is 0.0364. The summed E-state index contributed by atoms with van der Waals surface area (Å²) in [5.74, 6) is 0.303. The summed E-state index contributed by atoms with van der Waals surface area (Å²) >= 11 is 12.2. The topological polar surface area (TPSA) is 161 Å². The van der Waals surface area contributed by atoms with Gasteiger partial charge in [0.1, 0.15) is 11.5 Å². The molecule has 0 unspecified atom stereocenters. The van der Waals surface area contributed by atoms with E-state index >= 15 is 0 Å². The quantitative estimate of drug-likeness (QED) is 0.0785.